The molecule has 1 atom stereocenters. The molecule has 1 aromatic heterocycles. The first-order chi connectivity index (χ1) is 12.3. The van der Waals surface area contributed by atoms with Crippen LogP contribution in [0.5, 0.6) is 5.75 Å². The molecular weight excluding hydrogens is 316 g/mol. The summed E-state index contributed by atoms with van der Waals surface area (Å²) in [5.74, 6) is 1.76. The lowest BCUT2D eigenvalue weighted by Crippen LogP contribution is -2.36. The summed E-state index contributed by atoms with van der Waals surface area (Å²) in [6, 6.07) is 12.1. The minimum atomic E-state index is 0.0588. The van der Waals surface area contributed by atoms with Crippen molar-refractivity contribution in [1.82, 2.24) is 10.2 Å². The summed E-state index contributed by atoms with van der Waals surface area (Å²) in [6.07, 6.45) is 5.14. The SMILES string of the molecule is COc1cccc(C(CNC(=O)CCc2ccco2)N2CCCC2)c1. The number of furan rings is 1. The van der Waals surface area contributed by atoms with Gasteiger partial charge in [-0.1, -0.05) is 12.1 Å². The molecule has 1 amide bonds. The van der Waals surface area contributed by atoms with Crippen molar-refractivity contribution in [2.45, 2.75) is 31.7 Å². The number of benzene rings is 1. The molecule has 5 nitrogen and oxygen atoms in total. The van der Waals surface area contributed by atoms with Crippen LogP contribution in [0.4, 0.5) is 0 Å². The fraction of sp³-hybridized carbons (Fsp3) is 0.450. The van der Waals surface area contributed by atoms with Crippen molar-refractivity contribution in [3.05, 3.63) is 54.0 Å². The molecular formula is C20H26N2O3. The number of rotatable bonds is 8. The van der Waals surface area contributed by atoms with Crippen LogP contribution < -0.4 is 10.1 Å². The van der Waals surface area contributed by atoms with Crippen LogP contribution in [-0.4, -0.2) is 37.6 Å². The van der Waals surface area contributed by atoms with Crippen LogP contribution >= 0.6 is 0 Å². The largest absolute Gasteiger partial charge is 0.497 e. The number of hydrogen-bond donors (Lipinski definition) is 1. The van der Waals surface area contributed by atoms with E-state index in [1.807, 2.05) is 24.3 Å². The first kappa shape index (κ1) is 17.5. The van der Waals surface area contributed by atoms with Gasteiger partial charge in [0, 0.05) is 19.4 Å². The van der Waals surface area contributed by atoms with Crippen molar-refractivity contribution in [3.63, 3.8) is 0 Å². The van der Waals surface area contributed by atoms with Gasteiger partial charge in [0.2, 0.25) is 5.91 Å². The third-order valence-electron chi connectivity index (χ3n) is 4.73. The van der Waals surface area contributed by atoms with Gasteiger partial charge in [0.15, 0.2) is 0 Å². The minimum absolute atomic E-state index is 0.0588. The summed E-state index contributed by atoms with van der Waals surface area (Å²) < 4.78 is 10.6. The summed E-state index contributed by atoms with van der Waals surface area (Å²) in [6.45, 7) is 2.76. The van der Waals surface area contributed by atoms with Gasteiger partial charge in [-0.05, 0) is 55.8 Å². The van der Waals surface area contributed by atoms with Crippen molar-refractivity contribution < 1.29 is 13.9 Å². The van der Waals surface area contributed by atoms with Crippen LogP contribution in [0.1, 0.15) is 36.6 Å². The number of amides is 1. The van der Waals surface area contributed by atoms with Gasteiger partial charge in [-0.3, -0.25) is 9.69 Å². The molecule has 0 saturated carbocycles. The molecule has 1 aliphatic rings. The maximum Gasteiger partial charge on any atom is 0.220 e. The summed E-state index contributed by atoms with van der Waals surface area (Å²) in [5, 5.41) is 3.09. The fourth-order valence-corrected chi connectivity index (χ4v) is 3.35. The number of ether oxygens (including phenoxy) is 1. The summed E-state index contributed by atoms with van der Waals surface area (Å²) >= 11 is 0. The predicted octanol–water partition coefficient (Wildman–Crippen LogP) is 3.17. The molecule has 0 spiro atoms. The Morgan fingerprint density at radius 1 is 1.28 bits per heavy atom. The number of carbonyl (C=O) groups is 1. The van der Waals surface area contributed by atoms with Gasteiger partial charge < -0.3 is 14.5 Å². The maximum absolute atomic E-state index is 12.2. The van der Waals surface area contributed by atoms with E-state index in [0.29, 0.717) is 19.4 Å². The molecule has 1 aliphatic heterocycles. The molecule has 1 unspecified atom stereocenters. The summed E-state index contributed by atoms with van der Waals surface area (Å²) in [7, 11) is 1.68. The third kappa shape index (κ3) is 4.86. The number of nitrogens with one attached hydrogen (secondary N) is 1. The van der Waals surface area contributed by atoms with Gasteiger partial charge in [0.05, 0.1) is 19.4 Å². The summed E-state index contributed by atoms with van der Waals surface area (Å²) in [4.78, 5) is 14.7. The van der Waals surface area contributed by atoms with Gasteiger partial charge in [0.25, 0.3) is 0 Å². The lowest BCUT2D eigenvalue weighted by Gasteiger charge is -2.28. The highest BCUT2D eigenvalue weighted by Gasteiger charge is 2.24. The number of hydrogen-bond acceptors (Lipinski definition) is 4. The smallest absolute Gasteiger partial charge is 0.220 e. The number of likely N-dealkylation sites (tertiary alicyclic amines) is 1. The van der Waals surface area contributed by atoms with E-state index < -0.39 is 0 Å². The second-order valence-corrected chi connectivity index (χ2v) is 6.42. The molecule has 0 aliphatic carbocycles. The Bertz CT molecular complexity index is 663. The van der Waals surface area contributed by atoms with Crippen molar-refractivity contribution in [1.29, 1.82) is 0 Å². The van der Waals surface area contributed by atoms with Crippen molar-refractivity contribution in [3.8, 4) is 5.75 Å². The van der Waals surface area contributed by atoms with Gasteiger partial charge in [-0.2, -0.15) is 0 Å². The zero-order valence-corrected chi connectivity index (χ0v) is 14.7. The molecule has 2 aromatic rings. The molecule has 0 radical (unpaired) electrons. The van der Waals surface area contributed by atoms with E-state index in [2.05, 4.69) is 22.3 Å². The highest BCUT2D eigenvalue weighted by atomic mass is 16.5. The molecule has 1 fully saturated rings. The number of aryl methyl sites for hydroxylation is 1. The van der Waals surface area contributed by atoms with Crippen molar-refractivity contribution in [2.24, 2.45) is 0 Å². The lowest BCUT2D eigenvalue weighted by molar-refractivity contribution is -0.121. The van der Waals surface area contributed by atoms with Crippen LogP contribution in [0, 0.1) is 0 Å². The normalized spacial score (nSPS) is 15.9. The third-order valence-corrected chi connectivity index (χ3v) is 4.73. The molecule has 1 aromatic carbocycles. The molecule has 0 bridgehead atoms. The Morgan fingerprint density at radius 3 is 2.84 bits per heavy atom. The molecule has 1 saturated heterocycles. The zero-order valence-electron chi connectivity index (χ0n) is 14.7. The molecule has 1 N–H and O–H groups in total. The van der Waals surface area contributed by atoms with Crippen LogP contribution in [0.3, 0.4) is 0 Å². The number of carbonyl (C=O) groups excluding carboxylic acids is 1. The first-order valence-electron chi connectivity index (χ1n) is 8.93. The molecule has 3 rings (SSSR count). The first-order valence-corrected chi connectivity index (χ1v) is 8.93. The fourth-order valence-electron chi connectivity index (χ4n) is 3.35. The van der Waals surface area contributed by atoms with E-state index in [0.717, 1.165) is 24.6 Å². The van der Waals surface area contributed by atoms with E-state index in [-0.39, 0.29) is 11.9 Å². The van der Waals surface area contributed by atoms with Crippen LogP contribution in [0.2, 0.25) is 0 Å². The Morgan fingerprint density at radius 2 is 2.12 bits per heavy atom. The standard InChI is InChI=1S/C20H26N2O3/c1-24-18-7-4-6-16(14-18)19(22-11-2-3-12-22)15-21-20(23)10-9-17-8-5-13-25-17/h4-8,13-14,19H,2-3,9-12,15H2,1H3,(H,21,23). The Hall–Kier alpha value is -2.27. The molecule has 134 valence electrons. The zero-order chi connectivity index (χ0) is 17.5. The van der Waals surface area contributed by atoms with E-state index in [4.69, 9.17) is 9.15 Å². The summed E-state index contributed by atoms with van der Waals surface area (Å²) in [5.41, 5.74) is 1.19. The van der Waals surface area contributed by atoms with E-state index in [9.17, 15) is 4.79 Å². The quantitative estimate of drug-likeness (QED) is 0.800. The van der Waals surface area contributed by atoms with Crippen molar-refractivity contribution in [2.75, 3.05) is 26.7 Å². The van der Waals surface area contributed by atoms with Crippen LogP contribution in [0.25, 0.3) is 0 Å². The van der Waals surface area contributed by atoms with Crippen molar-refractivity contribution >= 4 is 5.91 Å². The Balaban J connectivity index is 1.60. The lowest BCUT2D eigenvalue weighted by atomic mass is 10.0. The molecule has 2 heterocycles. The highest BCUT2D eigenvalue weighted by molar-refractivity contribution is 5.76. The van der Waals surface area contributed by atoms with Gasteiger partial charge in [-0.15, -0.1) is 0 Å². The average Bonchev–Trinajstić information content (AvgIpc) is 3.34. The second kappa shape index (κ2) is 8.72. The van der Waals surface area contributed by atoms with Gasteiger partial charge in [0.1, 0.15) is 11.5 Å². The highest BCUT2D eigenvalue weighted by Crippen LogP contribution is 2.27. The van der Waals surface area contributed by atoms with E-state index in [1.54, 1.807) is 13.4 Å². The van der Waals surface area contributed by atoms with Gasteiger partial charge in [-0.25, -0.2) is 0 Å². The van der Waals surface area contributed by atoms with E-state index in [1.165, 1.54) is 18.4 Å². The monoisotopic (exact) mass is 342 g/mol. The van der Waals surface area contributed by atoms with Crippen LogP contribution in [0.15, 0.2) is 47.1 Å². The second-order valence-electron chi connectivity index (χ2n) is 6.42. The number of methoxy groups -OCH3 is 1. The van der Waals surface area contributed by atoms with Crippen LogP contribution in [-0.2, 0) is 11.2 Å². The van der Waals surface area contributed by atoms with E-state index >= 15 is 0 Å². The Labute approximate surface area is 149 Å². The topological polar surface area (TPSA) is 54.7 Å². The maximum atomic E-state index is 12.2. The average molecular weight is 342 g/mol. The van der Waals surface area contributed by atoms with Gasteiger partial charge >= 0.3 is 0 Å². The molecule has 25 heavy (non-hydrogen) atoms. The predicted molar refractivity (Wildman–Crippen MR) is 96.6 cm³/mol. The number of nitrogens with zero attached hydrogens (tertiary/aromatic N) is 1. The molecule has 5 heteroatoms. The minimum Gasteiger partial charge on any atom is -0.497 e. The Kier molecular flexibility index (Phi) is 6.12.